The molecule has 112 valence electrons. The van der Waals surface area contributed by atoms with Gasteiger partial charge in [-0.25, -0.2) is 0 Å². The Morgan fingerprint density at radius 1 is 1.30 bits per heavy atom. The fraction of sp³-hybridized carbons (Fsp3) is 0.786. The number of hydrogen-bond donors (Lipinski definition) is 0. The van der Waals surface area contributed by atoms with Crippen molar-refractivity contribution in [3.05, 3.63) is 11.7 Å². The minimum atomic E-state index is 0.0993. The molecule has 2 atom stereocenters. The number of carbonyl (C=O) groups is 1. The molecule has 6 nitrogen and oxygen atoms in total. The Balaban J connectivity index is 1.81. The topological polar surface area (TPSA) is 68.5 Å². The van der Waals surface area contributed by atoms with Crippen LogP contribution in [0.5, 0.6) is 0 Å². The van der Waals surface area contributed by atoms with Gasteiger partial charge in [0.2, 0.25) is 11.8 Å². The van der Waals surface area contributed by atoms with E-state index in [1.165, 1.54) is 0 Å². The molecule has 2 heterocycles. The Kier molecular flexibility index (Phi) is 5.11. The van der Waals surface area contributed by atoms with Gasteiger partial charge in [0, 0.05) is 32.4 Å². The molecule has 1 aromatic rings. The first-order valence-electron chi connectivity index (χ1n) is 7.33. The molecule has 1 aromatic heterocycles. The lowest BCUT2D eigenvalue weighted by atomic mass is 10.2. The van der Waals surface area contributed by atoms with Crippen LogP contribution in [-0.4, -0.2) is 46.2 Å². The normalized spacial score (nSPS) is 23.1. The van der Waals surface area contributed by atoms with Gasteiger partial charge < -0.3 is 14.2 Å². The predicted molar refractivity (Wildman–Crippen MR) is 73.2 cm³/mol. The van der Waals surface area contributed by atoms with Crippen LogP contribution in [0.15, 0.2) is 4.52 Å². The van der Waals surface area contributed by atoms with E-state index in [1.807, 2.05) is 18.7 Å². The first-order valence-corrected chi connectivity index (χ1v) is 7.33. The molecule has 1 amide bonds. The van der Waals surface area contributed by atoms with Crippen LogP contribution in [0.4, 0.5) is 0 Å². The van der Waals surface area contributed by atoms with Gasteiger partial charge in [-0.05, 0) is 20.3 Å². The maximum absolute atomic E-state index is 12.2. The van der Waals surface area contributed by atoms with Gasteiger partial charge >= 0.3 is 0 Å². The van der Waals surface area contributed by atoms with Gasteiger partial charge in [0.1, 0.15) is 0 Å². The number of amides is 1. The lowest BCUT2D eigenvalue weighted by Gasteiger charge is -2.35. The number of carbonyl (C=O) groups excluding carboxylic acids is 1. The number of rotatable bonds is 5. The number of aromatic nitrogens is 2. The molecule has 0 N–H and O–H groups in total. The van der Waals surface area contributed by atoms with Crippen LogP contribution in [0.25, 0.3) is 0 Å². The predicted octanol–water partition coefficient (Wildman–Crippen LogP) is 1.59. The van der Waals surface area contributed by atoms with Gasteiger partial charge in [-0.2, -0.15) is 4.98 Å². The summed E-state index contributed by atoms with van der Waals surface area (Å²) in [4.78, 5) is 18.3. The van der Waals surface area contributed by atoms with Gasteiger partial charge in [-0.15, -0.1) is 0 Å². The Morgan fingerprint density at radius 2 is 2.00 bits per heavy atom. The second-order valence-electron chi connectivity index (χ2n) is 5.41. The molecule has 1 fully saturated rings. The van der Waals surface area contributed by atoms with E-state index in [0.717, 1.165) is 18.7 Å². The standard InChI is InChI=1S/C14H23N3O3/c1-4-5-12-15-13(20-16-12)6-7-14(18)17-8-10(2)19-11(3)9-17/h10-11H,4-9H2,1-3H3/t10-,11-/m0/s1. The first kappa shape index (κ1) is 15.0. The molecule has 2 rings (SSSR count). The van der Waals surface area contributed by atoms with Crippen LogP contribution in [0.2, 0.25) is 0 Å². The highest BCUT2D eigenvalue weighted by Gasteiger charge is 2.25. The second kappa shape index (κ2) is 6.83. The van der Waals surface area contributed by atoms with Crippen molar-refractivity contribution < 1.29 is 14.1 Å². The zero-order chi connectivity index (χ0) is 14.5. The average Bonchev–Trinajstić information content (AvgIpc) is 2.83. The van der Waals surface area contributed by atoms with Crippen LogP contribution in [0.1, 0.15) is 45.3 Å². The second-order valence-corrected chi connectivity index (χ2v) is 5.41. The average molecular weight is 281 g/mol. The molecule has 0 bridgehead atoms. The van der Waals surface area contributed by atoms with Crippen molar-refractivity contribution in [3.8, 4) is 0 Å². The number of aryl methyl sites for hydroxylation is 2. The minimum absolute atomic E-state index is 0.0993. The highest BCUT2D eigenvalue weighted by molar-refractivity contribution is 5.76. The molecule has 0 saturated carbocycles. The molecule has 0 unspecified atom stereocenters. The van der Waals surface area contributed by atoms with Crippen molar-refractivity contribution in [1.82, 2.24) is 15.0 Å². The fourth-order valence-corrected chi connectivity index (χ4v) is 2.47. The van der Waals surface area contributed by atoms with E-state index < -0.39 is 0 Å². The van der Waals surface area contributed by atoms with Crippen LogP contribution >= 0.6 is 0 Å². The Hall–Kier alpha value is -1.43. The lowest BCUT2D eigenvalue weighted by Crippen LogP contribution is -2.48. The number of ether oxygens (including phenoxy) is 1. The van der Waals surface area contributed by atoms with E-state index in [9.17, 15) is 4.79 Å². The summed E-state index contributed by atoms with van der Waals surface area (Å²) in [7, 11) is 0. The van der Waals surface area contributed by atoms with E-state index in [2.05, 4.69) is 17.1 Å². The van der Waals surface area contributed by atoms with Gasteiger partial charge in [-0.1, -0.05) is 12.1 Å². The number of nitrogens with zero attached hydrogens (tertiary/aromatic N) is 3. The molecular weight excluding hydrogens is 258 g/mol. The summed E-state index contributed by atoms with van der Waals surface area (Å²) in [6.07, 6.45) is 2.92. The largest absolute Gasteiger partial charge is 0.372 e. The van der Waals surface area contributed by atoms with Crippen LogP contribution in [0.3, 0.4) is 0 Å². The summed E-state index contributed by atoms with van der Waals surface area (Å²) < 4.78 is 10.8. The summed E-state index contributed by atoms with van der Waals surface area (Å²) in [5.74, 6) is 1.40. The lowest BCUT2D eigenvalue weighted by molar-refractivity contribution is -0.143. The van der Waals surface area contributed by atoms with Gasteiger partial charge in [-0.3, -0.25) is 4.79 Å². The molecule has 20 heavy (non-hydrogen) atoms. The Bertz CT molecular complexity index is 437. The van der Waals surface area contributed by atoms with E-state index in [4.69, 9.17) is 9.26 Å². The molecular formula is C14H23N3O3. The summed E-state index contributed by atoms with van der Waals surface area (Å²) in [6.45, 7) is 7.37. The SMILES string of the molecule is CCCc1noc(CCC(=O)N2C[C@H](C)O[C@@H](C)C2)n1. The van der Waals surface area contributed by atoms with Crippen molar-refractivity contribution in [3.63, 3.8) is 0 Å². The van der Waals surface area contributed by atoms with Gasteiger partial charge in [0.25, 0.3) is 0 Å². The van der Waals surface area contributed by atoms with E-state index in [0.29, 0.717) is 31.8 Å². The van der Waals surface area contributed by atoms with Crippen molar-refractivity contribution >= 4 is 5.91 Å². The molecule has 0 aromatic carbocycles. The quantitative estimate of drug-likeness (QED) is 0.820. The molecule has 0 aliphatic carbocycles. The minimum Gasteiger partial charge on any atom is -0.372 e. The summed E-state index contributed by atoms with van der Waals surface area (Å²) in [5.41, 5.74) is 0. The van der Waals surface area contributed by atoms with Crippen LogP contribution in [-0.2, 0) is 22.4 Å². The first-order chi connectivity index (χ1) is 9.58. The summed E-state index contributed by atoms with van der Waals surface area (Å²) in [6, 6.07) is 0. The van der Waals surface area contributed by atoms with Gasteiger partial charge in [0.05, 0.1) is 12.2 Å². The third-order valence-electron chi connectivity index (χ3n) is 3.31. The number of morpholine rings is 1. The van der Waals surface area contributed by atoms with Crippen LogP contribution in [0, 0.1) is 0 Å². The van der Waals surface area contributed by atoms with E-state index in [-0.39, 0.29) is 18.1 Å². The van der Waals surface area contributed by atoms with Crippen LogP contribution < -0.4 is 0 Å². The third kappa shape index (κ3) is 4.03. The smallest absolute Gasteiger partial charge is 0.227 e. The summed E-state index contributed by atoms with van der Waals surface area (Å²) >= 11 is 0. The zero-order valence-electron chi connectivity index (χ0n) is 12.5. The van der Waals surface area contributed by atoms with E-state index >= 15 is 0 Å². The fourth-order valence-electron chi connectivity index (χ4n) is 2.47. The van der Waals surface area contributed by atoms with Crippen molar-refractivity contribution in [2.45, 2.75) is 58.7 Å². The van der Waals surface area contributed by atoms with Gasteiger partial charge in [0.15, 0.2) is 5.82 Å². The van der Waals surface area contributed by atoms with E-state index in [1.54, 1.807) is 0 Å². The van der Waals surface area contributed by atoms with Crippen molar-refractivity contribution in [2.24, 2.45) is 0 Å². The highest BCUT2D eigenvalue weighted by Crippen LogP contribution is 2.13. The molecule has 0 spiro atoms. The molecule has 6 heteroatoms. The maximum atomic E-state index is 12.2. The monoisotopic (exact) mass is 281 g/mol. The molecule has 0 radical (unpaired) electrons. The molecule has 1 aliphatic rings. The highest BCUT2D eigenvalue weighted by atomic mass is 16.5. The zero-order valence-corrected chi connectivity index (χ0v) is 12.5. The molecule has 1 aliphatic heterocycles. The Morgan fingerprint density at radius 3 is 2.65 bits per heavy atom. The van der Waals surface area contributed by atoms with Crippen molar-refractivity contribution in [1.29, 1.82) is 0 Å². The Labute approximate surface area is 119 Å². The number of hydrogen-bond acceptors (Lipinski definition) is 5. The molecule has 1 saturated heterocycles. The maximum Gasteiger partial charge on any atom is 0.227 e. The summed E-state index contributed by atoms with van der Waals surface area (Å²) in [5, 5.41) is 3.89. The third-order valence-corrected chi connectivity index (χ3v) is 3.31. The van der Waals surface area contributed by atoms with Crippen molar-refractivity contribution in [2.75, 3.05) is 13.1 Å².